The van der Waals surface area contributed by atoms with Crippen LogP contribution in [0.3, 0.4) is 0 Å². The molecule has 1 aromatic carbocycles. The van der Waals surface area contributed by atoms with Crippen molar-refractivity contribution in [2.24, 2.45) is 0 Å². The highest BCUT2D eigenvalue weighted by atomic mass is 16.7. The van der Waals surface area contributed by atoms with Gasteiger partial charge in [-0.2, -0.15) is 0 Å². The van der Waals surface area contributed by atoms with E-state index in [4.69, 9.17) is 19.3 Å². The summed E-state index contributed by atoms with van der Waals surface area (Å²) in [5.74, 6) is 0.127. The number of amides is 2. The molecule has 1 aliphatic rings. The zero-order valence-electron chi connectivity index (χ0n) is 11.4. The Balaban J connectivity index is 1.84. The quantitative estimate of drug-likeness (QED) is 0.698. The Labute approximate surface area is 121 Å². The molecule has 3 N–H and O–H groups in total. The maximum atomic E-state index is 11.6. The van der Waals surface area contributed by atoms with Crippen LogP contribution in [0.1, 0.15) is 5.56 Å². The van der Waals surface area contributed by atoms with E-state index in [1.165, 1.54) is 7.11 Å². The van der Waals surface area contributed by atoms with Crippen molar-refractivity contribution in [3.05, 3.63) is 23.8 Å². The van der Waals surface area contributed by atoms with E-state index in [0.717, 1.165) is 5.56 Å². The van der Waals surface area contributed by atoms with Gasteiger partial charge in [-0.3, -0.25) is 0 Å². The molecule has 1 heterocycles. The summed E-state index contributed by atoms with van der Waals surface area (Å²) in [6, 6.07) is 3.62. The Hall–Kier alpha value is -2.48. The zero-order valence-corrected chi connectivity index (χ0v) is 11.4. The molecule has 0 aliphatic carbocycles. The second kappa shape index (κ2) is 6.80. The number of urea groups is 1. The smallest absolute Gasteiger partial charge is 0.328 e. The fourth-order valence-electron chi connectivity index (χ4n) is 1.78. The molecule has 0 bridgehead atoms. The van der Waals surface area contributed by atoms with Crippen LogP contribution in [0.5, 0.6) is 11.5 Å². The first-order valence-corrected chi connectivity index (χ1v) is 6.25. The summed E-state index contributed by atoms with van der Waals surface area (Å²) in [4.78, 5) is 22.5. The Kier molecular flexibility index (Phi) is 4.83. The molecule has 0 saturated carbocycles. The van der Waals surface area contributed by atoms with Crippen LogP contribution in [0.2, 0.25) is 0 Å². The van der Waals surface area contributed by atoms with Crippen molar-refractivity contribution in [3.63, 3.8) is 0 Å². The van der Waals surface area contributed by atoms with Crippen LogP contribution in [0, 0.1) is 0 Å². The van der Waals surface area contributed by atoms with Crippen LogP contribution in [0.25, 0.3) is 0 Å². The number of carboxylic acids is 1. The number of hydrogen-bond acceptors (Lipinski definition) is 5. The normalized spacial score (nSPS) is 13.6. The van der Waals surface area contributed by atoms with Crippen LogP contribution in [0.4, 0.5) is 4.79 Å². The lowest BCUT2D eigenvalue weighted by Crippen LogP contribution is -2.48. The number of carboxylic acid groups (broad SMARTS) is 1. The fraction of sp³-hybridized carbons (Fsp3) is 0.385. The Bertz CT molecular complexity index is 533. The Morgan fingerprint density at radius 1 is 1.38 bits per heavy atom. The molecule has 8 heteroatoms. The summed E-state index contributed by atoms with van der Waals surface area (Å²) in [7, 11) is 1.36. The molecule has 1 aliphatic heterocycles. The van der Waals surface area contributed by atoms with E-state index in [1.807, 2.05) is 0 Å². The van der Waals surface area contributed by atoms with Gasteiger partial charge in [0.05, 0.1) is 6.61 Å². The lowest BCUT2D eigenvalue weighted by Gasteiger charge is -2.14. The van der Waals surface area contributed by atoms with Crippen molar-refractivity contribution in [2.75, 3.05) is 20.5 Å². The van der Waals surface area contributed by atoms with Crippen LogP contribution in [0.15, 0.2) is 18.2 Å². The highest BCUT2D eigenvalue weighted by molar-refractivity contribution is 5.82. The highest BCUT2D eigenvalue weighted by Crippen LogP contribution is 2.32. The average molecular weight is 296 g/mol. The number of benzene rings is 1. The largest absolute Gasteiger partial charge is 0.480 e. The summed E-state index contributed by atoms with van der Waals surface area (Å²) in [6.45, 7) is 0.318. The van der Waals surface area contributed by atoms with Crippen LogP contribution in [-0.2, 0) is 16.1 Å². The monoisotopic (exact) mass is 296 g/mol. The maximum Gasteiger partial charge on any atom is 0.328 e. The third-order valence-electron chi connectivity index (χ3n) is 2.83. The standard InChI is InChI=1S/C13H16N2O6/c1-19-6-9(12(16)17)15-13(18)14-5-8-2-3-10-11(4-8)21-7-20-10/h2-4,9H,5-7H2,1H3,(H,16,17)(H2,14,15,18). The van der Waals surface area contributed by atoms with E-state index in [9.17, 15) is 9.59 Å². The first kappa shape index (κ1) is 14.9. The van der Waals surface area contributed by atoms with Gasteiger partial charge in [-0.05, 0) is 17.7 Å². The number of ether oxygens (including phenoxy) is 3. The van der Waals surface area contributed by atoms with Crippen LogP contribution >= 0.6 is 0 Å². The molecule has 114 valence electrons. The lowest BCUT2D eigenvalue weighted by molar-refractivity contribution is -0.140. The molecule has 0 radical (unpaired) electrons. The first-order chi connectivity index (χ1) is 10.1. The van der Waals surface area contributed by atoms with Crippen molar-refractivity contribution in [1.29, 1.82) is 0 Å². The van der Waals surface area contributed by atoms with E-state index >= 15 is 0 Å². The van der Waals surface area contributed by atoms with Crippen molar-refractivity contribution >= 4 is 12.0 Å². The minimum absolute atomic E-state index is 0.104. The van der Waals surface area contributed by atoms with E-state index in [0.29, 0.717) is 11.5 Å². The molecule has 8 nitrogen and oxygen atoms in total. The summed E-state index contributed by atoms with van der Waals surface area (Å²) in [5.41, 5.74) is 0.813. The molecular formula is C13H16N2O6. The molecule has 0 saturated heterocycles. The minimum Gasteiger partial charge on any atom is -0.480 e. The molecule has 1 atom stereocenters. The van der Waals surface area contributed by atoms with Crippen LogP contribution < -0.4 is 20.1 Å². The van der Waals surface area contributed by atoms with Crippen molar-refractivity contribution in [2.45, 2.75) is 12.6 Å². The SMILES string of the molecule is COCC(NC(=O)NCc1ccc2c(c1)OCO2)C(=O)O. The van der Waals surface area contributed by atoms with Gasteiger partial charge in [0.1, 0.15) is 0 Å². The van der Waals surface area contributed by atoms with Gasteiger partial charge in [0.15, 0.2) is 17.5 Å². The predicted octanol–water partition coefficient (Wildman–Crippen LogP) is 0.314. The van der Waals surface area contributed by atoms with Gasteiger partial charge in [-0.1, -0.05) is 6.07 Å². The molecule has 2 rings (SSSR count). The zero-order chi connectivity index (χ0) is 15.2. The summed E-state index contributed by atoms with van der Waals surface area (Å²) >= 11 is 0. The highest BCUT2D eigenvalue weighted by Gasteiger charge is 2.19. The second-order valence-electron chi connectivity index (χ2n) is 4.36. The lowest BCUT2D eigenvalue weighted by atomic mass is 10.2. The van der Waals surface area contributed by atoms with Gasteiger partial charge in [-0.25, -0.2) is 9.59 Å². The molecule has 0 spiro atoms. The van der Waals surface area contributed by atoms with E-state index in [2.05, 4.69) is 10.6 Å². The van der Waals surface area contributed by atoms with Crippen molar-refractivity contribution in [1.82, 2.24) is 10.6 Å². The Morgan fingerprint density at radius 3 is 2.86 bits per heavy atom. The topological polar surface area (TPSA) is 106 Å². The molecule has 0 aromatic heterocycles. The van der Waals surface area contributed by atoms with Gasteiger partial charge in [0.25, 0.3) is 0 Å². The Morgan fingerprint density at radius 2 is 2.14 bits per heavy atom. The number of rotatable bonds is 6. The van der Waals surface area contributed by atoms with Crippen molar-refractivity contribution < 1.29 is 28.9 Å². The third-order valence-corrected chi connectivity index (χ3v) is 2.83. The molecule has 21 heavy (non-hydrogen) atoms. The van der Waals surface area contributed by atoms with Gasteiger partial charge in [0, 0.05) is 13.7 Å². The first-order valence-electron chi connectivity index (χ1n) is 6.25. The van der Waals surface area contributed by atoms with Gasteiger partial charge < -0.3 is 30.0 Å². The van der Waals surface area contributed by atoms with Gasteiger partial charge in [0.2, 0.25) is 6.79 Å². The van der Waals surface area contributed by atoms with Crippen molar-refractivity contribution in [3.8, 4) is 11.5 Å². The molecule has 2 amide bonds. The molecule has 1 aromatic rings. The van der Waals surface area contributed by atoms with Gasteiger partial charge in [-0.15, -0.1) is 0 Å². The number of carbonyl (C=O) groups is 2. The number of nitrogens with one attached hydrogen (secondary N) is 2. The number of aliphatic carboxylic acids is 1. The van der Waals surface area contributed by atoms with E-state index in [-0.39, 0.29) is 19.9 Å². The van der Waals surface area contributed by atoms with E-state index < -0.39 is 18.0 Å². The second-order valence-corrected chi connectivity index (χ2v) is 4.36. The average Bonchev–Trinajstić information content (AvgIpc) is 2.92. The summed E-state index contributed by atoms with van der Waals surface area (Å²) in [6.07, 6.45) is 0. The molecule has 0 fully saturated rings. The molecule has 1 unspecified atom stereocenters. The minimum atomic E-state index is -1.16. The van der Waals surface area contributed by atoms with Gasteiger partial charge >= 0.3 is 12.0 Å². The fourth-order valence-corrected chi connectivity index (χ4v) is 1.78. The summed E-state index contributed by atoms with van der Waals surface area (Å²) in [5, 5.41) is 13.8. The number of methoxy groups -OCH3 is 1. The number of fused-ring (bicyclic) bond motifs is 1. The maximum absolute atomic E-state index is 11.6. The predicted molar refractivity (Wildman–Crippen MR) is 71.2 cm³/mol. The third kappa shape index (κ3) is 3.99. The van der Waals surface area contributed by atoms with E-state index in [1.54, 1.807) is 18.2 Å². The number of hydrogen-bond donors (Lipinski definition) is 3. The van der Waals surface area contributed by atoms with Crippen LogP contribution in [-0.4, -0.2) is 43.7 Å². The number of carbonyl (C=O) groups excluding carboxylic acids is 1. The summed E-state index contributed by atoms with van der Waals surface area (Å²) < 4.78 is 15.1. The molecular weight excluding hydrogens is 280 g/mol.